The van der Waals surface area contributed by atoms with E-state index in [-0.39, 0.29) is 12.5 Å². The van der Waals surface area contributed by atoms with Crippen LogP contribution in [0.5, 0.6) is 0 Å². The van der Waals surface area contributed by atoms with Crippen molar-refractivity contribution in [3.8, 4) is 0 Å². The highest BCUT2D eigenvalue weighted by atomic mass is 16.5. The SMILES string of the molecule is CC(C)(CN)OCC(=O)N1CCCCC1. The lowest BCUT2D eigenvalue weighted by Gasteiger charge is -2.29. The predicted octanol–water partition coefficient (Wildman–Crippen LogP) is 0.753. The molecule has 15 heavy (non-hydrogen) atoms. The van der Waals surface area contributed by atoms with Gasteiger partial charge in [0.15, 0.2) is 0 Å². The fraction of sp³-hybridized carbons (Fsp3) is 0.909. The fourth-order valence-corrected chi connectivity index (χ4v) is 1.55. The molecule has 0 atom stereocenters. The Labute approximate surface area is 91.8 Å². The van der Waals surface area contributed by atoms with E-state index in [0.717, 1.165) is 25.9 Å². The maximum Gasteiger partial charge on any atom is 0.248 e. The fourth-order valence-electron chi connectivity index (χ4n) is 1.55. The first-order valence-electron chi connectivity index (χ1n) is 5.67. The Morgan fingerprint density at radius 3 is 2.47 bits per heavy atom. The summed E-state index contributed by atoms with van der Waals surface area (Å²) in [4.78, 5) is 13.6. The average molecular weight is 214 g/mol. The Morgan fingerprint density at radius 2 is 1.93 bits per heavy atom. The number of likely N-dealkylation sites (tertiary alicyclic amines) is 1. The minimum Gasteiger partial charge on any atom is -0.364 e. The summed E-state index contributed by atoms with van der Waals surface area (Å²) in [6, 6.07) is 0. The lowest BCUT2D eigenvalue weighted by molar-refractivity contribution is -0.142. The van der Waals surface area contributed by atoms with Gasteiger partial charge in [-0.1, -0.05) is 0 Å². The molecule has 2 N–H and O–H groups in total. The van der Waals surface area contributed by atoms with Gasteiger partial charge in [0.05, 0.1) is 5.60 Å². The number of piperidine rings is 1. The maximum absolute atomic E-state index is 11.7. The molecule has 0 aromatic carbocycles. The second-order valence-corrected chi connectivity index (χ2v) is 4.69. The van der Waals surface area contributed by atoms with Crippen LogP contribution in [0, 0.1) is 0 Å². The van der Waals surface area contributed by atoms with Gasteiger partial charge in [-0.25, -0.2) is 0 Å². The van der Waals surface area contributed by atoms with Crippen molar-refractivity contribution in [1.82, 2.24) is 4.90 Å². The van der Waals surface area contributed by atoms with Crippen LogP contribution in [0.4, 0.5) is 0 Å². The van der Waals surface area contributed by atoms with E-state index in [2.05, 4.69) is 0 Å². The average Bonchev–Trinajstić information content (AvgIpc) is 2.27. The van der Waals surface area contributed by atoms with Gasteiger partial charge in [-0.3, -0.25) is 4.79 Å². The van der Waals surface area contributed by atoms with Gasteiger partial charge in [-0.05, 0) is 33.1 Å². The van der Waals surface area contributed by atoms with Crippen molar-refractivity contribution < 1.29 is 9.53 Å². The van der Waals surface area contributed by atoms with Crippen LogP contribution in [0.1, 0.15) is 33.1 Å². The second-order valence-electron chi connectivity index (χ2n) is 4.69. The highest BCUT2D eigenvalue weighted by molar-refractivity contribution is 5.77. The molecule has 1 heterocycles. The zero-order valence-corrected chi connectivity index (χ0v) is 9.79. The molecule has 1 amide bonds. The topological polar surface area (TPSA) is 55.6 Å². The molecule has 1 aliphatic heterocycles. The summed E-state index contributed by atoms with van der Waals surface area (Å²) in [6.07, 6.45) is 3.47. The minimum atomic E-state index is -0.397. The van der Waals surface area contributed by atoms with Crippen LogP contribution in [-0.4, -0.2) is 42.6 Å². The summed E-state index contributed by atoms with van der Waals surface area (Å²) in [6.45, 7) is 6.15. The molecule has 1 aliphatic rings. The van der Waals surface area contributed by atoms with E-state index in [1.165, 1.54) is 6.42 Å². The Kier molecular flexibility index (Phi) is 4.54. The van der Waals surface area contributed by atoms with E-state index in [1.54, 1.807) is 0 Å². The molecule has 0 bridgehead atoms. The molecule has 0 spiro atoms. The van der Waals surface area contributed by atoms with Gasteiger partial charge >= 0.3 is 0 Å². The lowest BCUT2D eigenvalue weighted by atomic mass is 10.1. The van der Waals surface area contributed by atoms with Gasteiger partial charge in [0.2, 0.25) is 5.91 Å². The summed E-state index contributed by atoms with van der Waals surface area (Å²) >= 11 is 0. The van der Waals surface area contributed by atoms with Crippen molar-refractivity contribution in [3.63, 3.8) is 0 Å². The van der Waals surface area contributed by atoms with E-state index in [9.17, 15) is 4.79 Å². The molecule has 1 rings (SSSR count). The third-order valence-electron chi connectivity index (χ3n) is 2.79. The Balaban J connectivity index is 2.28. The van der Waals surface area contributed by atoms with Crippen molar-refractivity contribution >= 4 is 5.91 Å². The van der Waals surface area contributed by atoms with Crippen LogP contribution in [0.2, 0.25) is 0 Å². The first-order chi connectivity index (χ1) is 7.05. The standard InChI is InChI=1S/C11H22N2O2/c1-11(2,9-12)15-8-10(14)13-6-4-3-5-7-13/h3-9,12H2,1-2H3. The quantitative estimate of drug-likeness (QED) is 0.751. The summed E-state index contributed by atoms with van der Waals surface area (Å²) in [5.74, 6) is 0.0937. The molecule has 0 unspecified atom stereocenters. The maximum atomic E-state index is 11.7. The third-order valence-corrected chi connectivity index (χ3v) is 2.79. The highest BCUT2D eigenvalue weighted by Crippen LogP contribution is 2.11. The zero-order valence-electron chi connectivity index (χ0n) is 9.79. The van der Waals surface area contributed by atoms with Crippen molar-refractivity contribution in [2.24, 2.45) is 5.73 Å². The zero-order chi connectivity index (χ0) is 11.3. The number of carbonyl (C=O) groups excluding carboxylic acids is 1. The molecule has 4 nitrogen and oxygen atoms in total. The first kappa shape index (κ1) is 12.5. The van der Waals surface area contributed by atoms with E-state index < -0.39 is 5.60 Å². The van der Waals surface area contributed by atoms with Crippen LogP contribution >= 0.6 is 0 Å². The number of ether oxygens (including phenoxy) is 1. The molecule has 88 valence electrons. The van der Waals surface area contributed by atoms with E-state index in [0.29, 0.717) is 6.54 Å². The number of carbonyl (C=O) groups is 1. The number of nitrogens with two attached hydrogens (primary N) is 1. The van der Waals surface area contributed by atoms with Gasteiger partial charge in [-0.15, -0.1) is 0 Å². The molecular formula is C11H22N2O2. The smallest absolute Gasteiger partial charge is 0.248 e. The first-order valence-corrected chi connectivity index (χ1v) is 5.67. The largest absolute Gasteiger partial charge is 0.364 e. The molecule has 0 saturated carbocycles. The molecule has 0 aromatic rings. The predicted molar refractivity (Wildman–Crippen MR) is 59.5 cm³/mol. The van der Waals surface area contributed by atoms with Crippen LogP contribution < -0.4 is 5.73 Å². The number of amides is 1. The van der Waals surface area contributed by atoms with Crippen molar-refractivity contribution in [2.75, 3.05) is 26.2 Å². The number of hydrogen-bond acceptors (Lipinski definition) is 3. The number of hydrogen-bond donors (Lipinski definition) is 1. The van der Waals surface area contributed by atoms with Gasteiger partial charge in [0, 0.05) is 19.6 Å². The monoisotopic (exact) mass is 214 g/mol. The number of nitrogens with zero attached hydrogens (tertiary/aromatic N) is 1. The van der Waals surface area contributed by atoms with Crippen LogP contribution in [0.15, 0.2) is 0 Å². The Bertz CT molecular complexity index is 211. The normalized spacial score (nSPS) is 17.9. The Morgan fingerprint density at radius 1 is 1.33 bits per heavy atom. The minimum absolute atomic E-state index is 0.0937. The molecule has 0 aliphatic carbocycles. The van der Waals surface area contributed by atoms with Crippen LogP contribution in [0.25, 0.3) is 0 Å². The molecule has 0 aromatic heterocycles. The second kappa shape index (κ2) is 5.47. The molecular weight excluding hydrogens is 192 g/mol. The van der Waals surface area contributed by atoms with Gasteiger partial charge in [-0.2, -0.15) is 0 Å². The third kappa shape index (κ3) is 4.18. The van der Waals surface area contributed by atoms with Crippen molar-refractivity contribution in [3.05, 3.63) is 0 Å². The van der Waals surface area contributed by atoms with Gasteiger partial charge in [0.25, 0.3) is 0 Å². The van der Waals surface area contributed by atoms with Crippen molar-refractivity contribution in [2.45, 2.75) is 38.7 Å². The van der Waals surface area contributed by atoms with Crippen LogP contribution in [-0.2, 0) is 9.53 Å². The summed E-state index contributed by atoms with van der Waals surface area (Å²) < 4.78 is 5.48. The molecule has 1 saturated heterocycles. The Hall–Kier alpha value is -0.610. The lowest BCUT2D eigenvalue weighted by Crippen LogP contribution is -2.42. The summed E-state index contributed by atoms with van der Waals surface area (Å²) in [5.41, 5.74) is 5.12. The van der Waals surface area contributed by atoms with E-state index >= 15 is 0 Å². The van der Waals surface area contributed by atoms with Gasteiger partial charge in [0.1, 0.15) is 6.61 Å². The highest BCUT2D eigenvalue weighted by Gasteiger charge is 2.21. The molecule has 0 radical (unpaired) electrons. The van der Waals surface area contributed by atoms with Crippen molar-refractivity contribution in [1.29, 1.82) is 0 Å². The van der Waals surface area contributed by atoms with Gasteiger partial charge < -0.3 is 15.4 Å². The van der Waals surface area contributed by atoms with Crippen LogP contribution in [0.3, 0.4) is 0 Å². The molecule has 4 heteroatoms. The molecule has 1 fully saturated rings. The summed E-state index contributed by atoms with van der Waals surface area (Å²) in [7, 11) is 0. The summed E-state index contributed by atoms with van der Waals surface area (Å²) in [5, 5.41) is 0. The van der Waals surface area contributed by atoms with E-state index in [1.807, 2.05) is 18.7 Å². The van der Waals surface area contributed by atoms with E-state index in [4.69, 9.17) is 10.5 Å². The number of rotatable bonds is 4.